The summed E-state index contributed by atoms with van der Waals surface area (Å²) >= 11 is 0. The van der Waals surface area contributed by atoms with Gasteiger partial charge in [-0.25, -0.2) is 4.39 Å². The Kier molecular flexibility index (Phi) is 3.86. The van der Waals surface area contributed by atoms with Crippen molar-refractivity contribution in [3.63, 3.8) is 0 Å². The molecule has 1 N–H and O–H groups in total. The van der Waals surface area contributed by atoms with Gasteiger partial charge in [0.1, 0.15) is 11.9 Å². The first kappa shape index (κ1) is 14.6. The van der Waals surface area contributed by atoms with E-state index < -0.39 is 24.1 Å². The molecule has 108 valence electrons. The zero-order chi connectivity index (χ0) is 14.9. The van der Waals surface area contributed by atoms with Crippen molar-refractivity contribution in [2.75, 3.05) is 11.4 Å². The summed E-state index contributed by atoms with van der Waals surface area (Å²) in [6, 6.07) is 4.17. The normalized spacial score (nSPS) is 20.8. The van der Waals surface area contributed by atoms with Gasteiger partial charge in [-0.1, -0.05) is 0 Å². The maximum Gasteiger partial charge on any atom is 0.416 e. The second-order valence-corrected chi connectivity index (χ2v) is 4.67. The predicted molar refractivity (Wildman–Crippen MR) is 63.5 cm³/mol. The summed E-state index contributed by atoms with van der Waals surface area (Å²) in [5.74, 6) is -0.780. The molecule has 3 nitrogen and oxygen atoms in total. The van der Waals surface area contributed by atoms with Crippen LogP contribution in [0.2, 0.25) is 0 Å². The van der Waals surface area contributed by atoms with Crippen molar-refractivity contribution in [2.24, 2.45) is 0 Å². The predicted octanol–water partition coefficient (Wildman–Crippen LogP) is 2.59. The molecule has 0 radical (unpaired) electrons. The van der Waals surface area contributed by atoms with Gasteiger partial charge in [-0.3, -0.25) is 0 Å². The summed E-state index contributed by atoms with van der Waals surface area (Å²) in [5.41, 5.74) is 0.0770. The molecule has 1 aliphatic rings. The number of halogens is 4. The molecule has 0 saturated carbocycles. The first-order chi connectivity index (χ1) is 9.34. The largest absolute Gasteiger partial charge is 0.416 e. The highest BCUT2D eigenvalue weighted by Crippen LogP contribution is 2.34. The van der Waals surface area contributed by atoms with E-state index in [-0.39, 0.29) is 17.7 Å². The molecule has 1 heterocycles. The molecule has 20 heavy (non-hydrogen) atoms. The zero-order valence-electron chi connectivity index (χ0n) is 10.4. The molecule has 1 aliphatic heterocycles. The van der Waals surface area contributed by atoms with Crippen LogP contribution in [0.5, 0.6) is 0 Å². The molecule has 1 saturated heterocycles. The van der Waals surface area contributed by atoms with Crippen molar-refractivity contribution >= 4 is 5.69 Å². The van der Waals surface area contributed by atoms with Gasteiger partial charge in [-0.2, -0.15) is 18.4 Å². The van der Waals surface area contributed by atoms with Crippen LogP contribution in [0.4, 0.5) is 23.2 Å². The number of anilines is 1. The van der Waals surface area contributed by atoms with Gasteiger partial charge >= 0.3 is 6.18 Å². The summed E-state index contributed by atoms with van der Waals surface area (Å²) < 4.78 is 51.3. The van der Waals surface area contributed by atoms with E-state index in [9.17, 15) is 22.7 Å². The lowest BCUT2D eigenvalue weighted by molar-refractivity contribution is -0.209. The van der Waals surface area contributed by atoms with Crippen LogP contribution < -0.4 is 4.90 Å². The highest BCUT2D eigenvalue weighted by atomic mass is 19.4. The van der Waals surface area contributed by atoms with Gasteiger partial charge in [0, 0.05) is 12.2 Å². The van der Waals surface area contributed by atoms with E-state index >= 15 is 0 Å². The number of hydrogen-bond acceptors (Lipinski definition) is 3. The first-order valence-corrected chi connectivity index (χ1v) is 6.05. The highest BCUT2D eigenvalue weighted by molar-refractivity contribution is 5.52. The minimum absolute atomic E-state index is 0.166. The minimum atomic E-state index is -4.71. The maximum absolute atomic E-state index is 13.5. The molecule has 7 heteroatoms. The summed E-state index contributed by atoms with van der Waals surface area (Å²) in [5, 5.41) is 18.0. The van der Waals surface area contributed by atoms with Gasteiger partial charge in [0.05, 0.1) is 11.6 Å². The van der Waals surface area contributed by atoms with Gasteiger partial charge in [-0.15, -0.1) is 0 Å². The third-order valence-electron chi connectivity index (χ3n) is 3.40. The lowest BCUT2D eigenvalue weighted by Crippen LogP contribution is -2.47. The van der Waals surface area contributed by atoms with Crippen LogP contribution >= 0.6 is 0 Å². The Hall–Kier alpha value is -1.81. The molecule has 2 atom stereocenters. The summed E-state index contributed by atoms with van der Waals surface area (Å²) in [6.45, 7) is 0.309. The lowest BCUT2D eigenvalue weighted by Gasteiger charge is -2.31. The average Bonchev–Trinajstić information content (AvgIpc) is 2.85. The molecule has 0 unspecified atom stereocenters. The second-order valence-electron chi connectivity index (χ2n) is 4.67. The minimum Gasteiger partial charge on any atom is -0.382 e. The molecule has 0 spiro atoms. The molecule has 0 bridgehead atoms. The van der Waals surface area contributed by atoms with Crippen molar-refractivity contribution in [1.29, 1.82) is 5.26 Å². The average molecular weight is 288 g/mol. The first-order valence-electron chi connectivity index (χ1n) is 6.05. The molecule has 1 fully saturated rings. The van der Waals surface area contributed by atoms with Gasteiger partial charge in [-0.05, 0) is 31.0 Å². The molecule has 2 rings (SSSR count). The van der Waals surface area contributed by atoms with Crippen molar-refractivity contribution < 1.29 is 22.7 Å². The molecule has 1 aromatic carbocycles. The van der Waals surface area contributed by atoms with Crippen LogP contribution in [0.1, 0.15) is 18.4 Å². The van der Waals surface area contributed by atoms with Crippen molar-refractivity contribution in [3.05, 3.63) is 29.6 Å². The Labute approximate surface area is 113 Å². The molecular weight excluding hydrogens is 276 g/mol. The fourth-order valence-electron chi connectivity index (χ4n) is 2.43. The standard InChI is InChI=1S/C13H12F4N2O/c14-10-6-9(4-3-8(10)7-18)19-5-1-2-11(19)12(20)13(15,16)17/h3-4,6,11-12,20H,1-2,5H2/t11-,12+/m0/s1. The van der Waals surface area contributed by atoms with E-state index in [4.69, 9.17) is 5.26 Å². The molecular formula is C13H12F4N2O. The quantitative estimate of drug-likeness (QED) is 0.851. The molecule has 0 aromatic heterocycles. The van der Waals surface area contributed by atoms with Crippen molar-refractivity contribution in [3.8, 4) is 6.07 Å². The zero-order valence-corrected chi connectivity index (χ0v) is 10.4. The van der Waals surface area contributed by atoms with Crippen LogP contribution in [0.3, 0.4) is 0 Å². The number of nitriles is 1. The Balaban J connectivity index is 2.28. The van der Waals surface area contributed by atoms with Crippen LogP contribution in [-0.2, 0) is 0 Å². The fourth-order valence-corrected chi connectivity index (χ4v) is 2.43. The lowest BCUT2D eigenvalue weighted by atomic mass is 10.1. The Morgan fingerprint density at radius 2 is 2.10 bits per heavy atom. The van der Waals surface area contributed by atoms with Crippen molar-refractivity contribution in [2.45, 2.75) is 31.2 Å². The van der Waals surface area contributed by atoms with E-state index in [1.54, 1.807) is 6.07 Å². The molecule has 1 aromatic rings. The monoisotopic (exact) mass is 288 g/mol. The topological polar surface area (TPSA) is 47.3 Å². The van der Waals surface area contributed by atoms with E-state index in [0.29, 0.717) is 13.0 Å². The van der Waals surface area contributed by atoms with Gasteiger partial charge in [0.2, 0.25) is 0 Å². The van der Waals surface area contributed by atoms with E-state index in [0.717, 1.165) is 6.07 Å². The maximum atomic E-state index is 13.5. The third kappa shape index (κ3) is 2.70. The summed E-state index contributed by atoms with van der Waals surface area (Å²) in [4.78, 5) is 1.34. The summed E-state index contributed by atoms with van der Waals surface area (Å²) in [7, 11) is 0. The van der Waals surface area contributed by atoms with E-state index in [1.165, 1.54) is 17.0 Å². The Morgan fingerprint density at radius 1 is 1.40 bits per heavy atom. The third-order valence-corrected chi connectivity index (χ3v) is 3.40. The number of aliphatic hydroxyl groups excluding tert-OH is 1. The number of nitrogens with zero attached hydrogens (tertiary/aromatic N) is 2. The SMILES string of the molecule is N#Cc1ccc(N2CCC[C@H]2[C@@H](O)C(F)(F)F)cc1F. The number of benzene rings is 1. The van der Waals surface area contributed by atoms with Crippen LogP contribution in [0.15, 0.2) is 18.2 Å². The number of aliphatic hydroxyl groups is 1. The van der Waals surface area contributed by atoms with Gasteiger partial charge in [0.25, 0.3) is 0 Å². The van der Waals surface area contributed by atoms with Gasteiger partial charge in [0.15, 0.2) is 6.10 Å². The van der Waals surface area contributed by atoms with E-state index in [1.807, 2.05) is 0 Å². The second kappa shape index (κ2) is 5.29. The highest BCUT2D eigenvalue weighted by Gasteiger charge is 2.47. The molecule has 0 aliphatic carbocycles. The van der Waals surface area contributed by atoms with Gasteiger partial charge < -0.3 is 10.0 Å². The van der Waals surface area contributed by atoms with Crippen molar-refractivity contribution in [1.82, 2.24) is 0 Å². The van der Waals surface area contributed by atoms with E-state index in [2.05, 4.69) is 0 Å². The number of alkyl halides is 3. The smallest absolute Gasteiger partial charge is 0.382 e. The Bertz CT molecular complexity index is 538. The van der Waals surface area contributed by atoms with Crippen LogP contribution in [0.25, 0.3) is 0 Å². The summed E-state index contributed by atoms with van der Waals surface area (Å²) in [6.07, 6.45) is -6.51. The fraction of sp³-hybridized carbons (Fsp3) is 0.462. The Morgan fingerprint density at radius 3 is 2.65 bits per heavy atom. The number of hydrogen-bond donors (Lipinski definition) is 1. The number of rotatable bonds is 2. The van der Waals surface area contributed by atoms with Crippen LogP contribution in [-0.4, -0.2) is 30.0 Å². The van der Waals surface area contributed by atoms with Crippen LogP contribution in [0, 0.1) is 17.1 Å². The molecule has 0 amide bonds.